The highest BCUT2D eigenvalue weighted by Crippen LogP contribution is 2.25. The highest BCUT2D eigenvalue weighted by molar-refractivity contribution is 5.94. The number of benzene rings is 2. The Balaban J connectivity index is 1.54. The van der Waals surface area contributed by atoms with Crippen LogP contribution in [0.25, 0.3) is 0 Å². The number of hydrogen-bond donors (Lipinski definition) is 1. The van der Waals surface area contributed by atoms with Gasteiger partial charge in [0.25, 0.3) is 5.91 Å². The lowest BCUT2D eigenvalue weighted by molar-refractivity contribution is 0.0954. The smallest absolute Gasteiger partial charge is 0.251 e. The lowest BCUT2D eigenvalue weighted by atomic mass is 10.1. The molecule has 0 radical (unpaired) electrons. The lowest BCUT2D eigenvalue weighted by Gasteiger charge is -2.07. The second-order valence-electron chi connectivity index (χ2n) is 5.41. The van der Waals surface area contributed by atoms with Crippen LogP contribution < -0.4 is 10.1 Å². The molecule has 0 bridgehead atoms. The number of carbonyl (C=O) groups is 1. The van der Waals surface area contributed by atoms with E-state index in [1.54, 1.807) is 0 Å². The van der Waals surface area contributed by atoms with Crippen molar-refractivity contribution in [1.82, 2.24) is 5.32 Å². The van der Waals surface area contributed by atoms with Gasteiger partial charge >= 0.3 is 0 Å². The van der Waals surface area contributed by atoms with Crippen molar-refractivity contribution in [2.45, 2.75) is 19.8 Å². The van der Waals surface area contributed by atoms with Crippen LogP contribution in [0.4, 0.5) is 0 Å². The highest BCUT2D eigenvalue weighted by Gasteiger charge is 2.12. The number of amides is 1. The van der Waals surface area contributed by atoms with E-state index in [0.29, 0.717) is 12.1 Å². The maximum atomic E-state index is 12.0. The van der Waals surface area contributed by atoms with Gasteiger partial charge in [0, 0.05) is 18.5 Å². The number of nitrogens with one attached hydrogen (secondary N) is 1. The molecule has 3 nitrogen and oxygen atoms in total. The van der Waals surface area contributed by atoms with Crippen molar-refractivity contribution in [3.05, 3.63) is 64.7 Å². The van der Waals surface area contributed by atoms with E-state index in [1.165, 1.54) is 11.1 Å². The fourth-order valence-corrected chi connectivity index (χ4v) is 2.52. The van der Waals surface area contributed by atoms with Crippen LogP contribution in [0, 0.1) is 6.92 Å². The van der Waals surface area contributed by atoms with Crippen LogP contribution in [0.5, 0.6) is 5.75 Å². The summed E-state index contributed by atoms with van der Waals surface area (Å²) in [5, 5.41) is 2.96. The Kier molecular flexibility index (Phi) is 3.91. The van der Waals surface area contributed by atoms with Crippen molar-refractivity contribution in [3.8, 4) is 5.75 Å². The van der Waals surface area contributed by atoms with E-state index in [4.69, 9.17) is 4.74 Å². The predicted octanol–water partition coefficient (Wildman–Crippen LogP) is 2.90. The summed E-state index contributed by atoms with van der Waals surface area (Å²) in [5.74, 6) is 0.988. The average molecular weight is 281 g/mol. The Labute approximate surface area is 124 Å². The van der Waals surface area contributed by atoms with Gasteiger partial charge in [-0.2, -0.15) is 0 Å². The summed E-state index contributed by atoms with van der Waals surface area (Å²) in [6.45, 7) is 3.44. The molecule has 1 amide bonds. The van der Waals surface area contributed by atoms with Gasteiger partial charge < -0.3 is 10.1 Å². The van der Waals surface area contributed by atoms with Gasteiger partial charge in [-0.25, -0.2) is 0 Å². The Bertz CT molecular complexity index is 647. The molecule has 0 aliphatic carbocycles. The molecular weight excluding hydrogens is 262 g/mol. The van der Waals surface area contributed by atoms with E-state index in [-0.39, 0.29) is 5.91 Å². The van der Waals surface area contributed by atoms with Gasteiger partial charge in [0.1, 0.15) is 5.75 Å². The van der Waals surface area contributed by atoms with Crippen molar-refractivity contribution in [3.63, 3.8) is 0 Å². The van der Waals surface area contributed by atoms with Crippen LogP contribution in [-0.2, 0) is 12.8 Å². The maximum Gasteiger partial charge on any atom is 0.251 e. The summed E-state index contributed by atoms with van der Waals surface area (Å²) in [7, 11) is 0. The molecular formula is C18H19NO2. The number of ether oxygens (including phenoxy) is 1. The van der Waals surface area contributed by atoms with Crippen molar-refractivity contribution in [2.24, 2.45) is 0 Å². The summed E-state index contributed by atoms with van der Waals surface area (Å²) < 4.78 is 5.49. The molecule has 0 saturated heterocycles. The van der Waals surface area contributed by atoms with Gasteiger partial charge in [-0.05, 0) is 42.7 Å². The number of aryl methyl sites for hydroxylation is 1. The maximum absolute atomic E-state index is 12.0. The lowest BCUT2D eigenvalue weighted by Crippen LogP contribution is -2.25. The molecule has 2 aromatic carbocycles. The highest BCUT2D eigenvalue weighted by atomic mass is 16.5. The van der Waals surface area contributed by atoms with Crippen LogP contribution in [0.15, 0.2) is 42.5 Å². The van der Waals surface area contributed by atoms with Crippen LogP contribution >= 0.6 is 0 Å². The van der Waals surface area contributed by atoms with Crippen LogP contribution in [-0.4, -0.2) is 19.1 Å². The summed E-state index contributed by atoms with van der Waals surface area (Å²) >= 11 is 0. The van der Waals surface area contributed by atoms with Gasteiger partial charge in [-0.3, -0.25) is 4.79 Å². The molecule has 0 spiro atoms. The Morgan fingerprint density at radius 1 is 1.19 bits per heavy atom. The van der Waals surface area contributed by atoms with E-state index in [2.05, 4.69) is 17.4 Å². The minimum atomic E-state index is -0.0144. The van der Waals surface area contributed by atoms with E-state index in [1.807, 2.05) is 37.3 Å². The molecule has 108 valence electrons. The summed E-state index contributed by atoms with van der Waals surface area (Å²) in [5.41, 5.74) is 4.38. The Hall–Kier alpha value is -2.29. The minimum Gasteiger partial charge on any atom is -0.493 e. The van der Waals surface area contributed by atoms with Crippen molar-refractivity contribution in [2.75, 3.05) is 13.2 Å². The van der Waals surface area contributed by atoms with Gasteiger partial charge in [0.2, 0.25) is 0 Å². The van der Waals surface area contributed by atoms with Crippen molar-refractivity contribution >= 4 is 5.91 Å². The third kappa shape index (κ3) is 3.24. The van der Waals surface area contributed by atoms with Crippen molar-refractivity contribution in [1.29, 1.82) is 0 Å². The molecule has 1 aliphatic rings. The quantitative estimate of drug-likeness (QED) is 0.936. The van der Waals surface area contributed by atoms with E-state index >= 15 is 0 Å². The first kappa shape index (κ1) is 13.7. The van der Waals surface area contributed by atoms with E-state index in [9.17, 15) is 4.79 Å². The summed E-state index contributed by atoms with van der Waals surface area (Å²) in [6.07, 6.45) is 1.82. The fourth-order valence-electron chi connectivity index (χ4n) is 2.52. The molecule has 3 heteroatoms. The SMILES string of the molecule is Cc1ccc(C(=O)NCCc2ccc3c(c2)CCO3)cc1. The van der Waals surface area contributed by atoms with E-state index < -0.39 is 0 Å². The zero-order chi connectivity index (χ0) is 14.7. The summed E-state index contributed by atoms with van der Waals surface area (Å²) in [6, 6.07) is 13.9. The monoisotopic (exact) mass is 281 g/mol. The van der Waals surface area contributed by atoms with Crippen LogP contribution in [0.1, 0.15) is 27.0 Å². The first-order valence-corrected chi connectivity index (χ1v) is 7.32. The second-order valence-corrected chi connectivity index (χ2v) is 5.41. The second kappa shape index (κ2) is 6.00. The van der Waals surface area contributed by atoms with Crippen LogP contribution in [0.3, 0.4) is 0 Å². The number of fused-ring (bicyclic) bond motifs is 1. The molecule has 3 rings (SSSR count). The molecule has 2 aromatic rings. The Morgan fingerprint density at radius 3 is 2.81 bits per heavy atom. The van der Waals surface area contributed by atoms with Gasteiger partial charge in [-0.15, -0.1) is 0 Å². The molecule has 0 saturated carbocycles. The number of rotatable bonds is 4. The third-order valence-corrected chi connectivity index (χ3v) is 3.77. The first-order chi connectivity index (χ1) is 10.2. The molecule has 1 N–H and O–H groups in total. The van der Waals surface area contributed by atoms with Crippen molar-refractivity contribution < 1.29 is 9.53 Å². The van der Waals surface area contributed by atoms with Crippen LogP contribution in [0.2, 0.25) is 0 Å². The first-order valence-electron chi connectivity index (χ1n) is 7.32. The largest absolute Gasteiger partial charge is 0.493 e. The van der Waals surface area contributed by atoms with E-state index in [0.717, 1.165) is 30.8 Å². The average Bonchev–Trinajstić information content (AvgIpc) is 2.95. The molecule has 1 heterocycles. The molecule has 1 aliphatic heterocycles. The topological polar surface area (TPSA) is 38.3 Å². The third-order valence-electron chi connectivity index (χ3n) is 3.77. The minimum absolute atomic E-state index is 0.0144. The predicted molar refractivity (Wildman–Crippen MR) is 82.9 cm³/mol. The zero-order valence-corrected chi connectivity index (χ0v) is 12.2. The standard InChI is InChI=1S/C18H19NO2/c1-13-2-5-15(6-3-13)18(20)19-10-8-14-4-7-17-16(12-14)9-11-21-17/h2-7,12H,8-11H2,1H3,(H,19,20). The molecule has 0 fully saturated rings. The number of carbonyl (C=O) groups excluding carboxylic acids is 1. The number of hydrogen-bond acceptors (Lipinski definition) is 2. The summed E-state index contributed by atoms with van der Waals surface area (Å²) in [4.78, 5) is 12.0. The Morgan fingerprint density at radius 2 is 2.00 bits per heavy atom. The molecule has 0 unspecified atom stereocenters. The zero-order valence-electron chi connectivity index (χ0n) is 12.2. The molecule has 0 atom stereocenters. The van der Waals surface area contributed by atoms with Gasteiger partial charge in [-0.1, -0.05) is 29.8 Å². The normalized spacial score (nSPS) is 12.6. The fraction of sp³-hybridized carbons (Fsp3) is 0.278. The molecule has 0 aromatic heterocycles. The molecule has 21 heavy (non-hydrogen) atoms. The van der Waals surface area contributed by atoms with Gasteiger partial charge in [0.15, 0.2) is 0 Å². The van der Waals surface area contributed by atoms with Gasteiger partial charge in [0.05, 0.1) is 6.61 Å².